The van der Waals surface area contributed by atoms with Crippen molar-refractivity contribution in [3.8, 4) is 0 Å². The van der Waals surface area contributed by atoms with E-state index in [0.29, 0.717) is 32.7 Å². The van der Waals surface area contributed by atoms with Crippen LogP contribution >= 0.6 is 24.8 Å². The van der Waals surface area contributed by atoms with Crippen molar-refractivity contribution < 1.29 is 9.53 Å². The van der Waals surface area contributed by atoms with Crippen molar-refractivity contribution in [1.82, 2.24) is 19.7 Å². The second kappa shape index (κ2) is 9.29. The van der Waals surface area contributed by atoms with E-state index < -0.39 is 0 Å². The minimum atomic E-state index is -0.107. The van der Waals surface area contributed by atoms with E-state index in [9.17, 15) is 4.79 Å². The van der Waals surface area contributed by atoms with E-state index in [0.717, 1.165) is 11.6 Å². The second-order valence-electron chi connectivity index (χ2n) is 5.40. The highest BCUT2D eigenvalue weighted by Gasteiger charge is 2.25. The number of halogens is 2. The first kappa shape index (κ1) is 21.1. The van der Waals surface area contributed by atoms with Gasteiger partial charge in [0.2, 0.25) is 5.91 Å². The summed E-state index contributed by atoms with van der Waals surface area (Å²) in [7, 11) is 0. The van der Waals surface area contributed by atoms with Crippen LogP contribution in [0.2, 0.25) is 0 Å². The molecule has 128 valence electrons. The van der Waals surface area contributed by atoms with E-state index in [-0.39, 0.29) is 42.9 Å². The zero-order valence-electron chi connectivity index (χ0n) is 13.2. The van der Waals surface area contributed by atoms with Crippen molar-refractivity contribution in [2.45, 2.75) is 45.9 Å². The Labute approximate surface area is 143 Å². The Morgan fingerprint density at radius 1 is 1.45 bits per heavy atom. The summed E-state index contributed by atoms with van der Waals surface area (Å²) in [6.07, 6.45) is 0.342. The third kappa shape index (κ3) is 5.72. The molecule has 1 saturated heterocycles. The molecule has 0 radical (unpaired) electrons. The van der Waals surface area contributed by atoms with Crippen LogP contribution in [0.1, 0.15) is 25.0 Å². The molecule has 9 heteroatoms. The Morgan fingerprint density at radius 3 is 2.68 bits per heavy atom. The van der Waals surface area contributed by atoms with Gasteiger partial charge < -0.3 is 15.4 Å². The normalized spacial score (nSPS) is 19.1. The Kier molecular flexibility index (Phi) is 8.92. The summed E-state index contributed by atoms with van der Waals surface area (Å²) in [6, 6.07) is -0.107. The van der Waals surface area contributed by atoms with Crippen LogP contribution in [0.15, 0.2) is 0 Å². The number of aromatic nitrogens is 3. The Balaban J connectivity index is 0.00000220. The second-order valence-corrected chi connectivity index (χ2v) is 5.40. The lowest BCUT2D eigenvalue weighted by molar-refractivity contribution is -0.139. The van der Waals surface area contributed by atoms with Crippen molar-refractivity contribution >= 4 is 30.7 Å². The Hall–Kier alpha value is -0.890. The quantitative estimate of drug-likeness (QED) is 0.860. The zero-order chi connectivity index (χ0) is 14.7. The van der Waals surface area contributed by atoms with Crippen LogP contribution in [0.5, 0.6) is 0 Å². The average molecular weight is 354 g/mol. The van der Waals surface area contributed by atoms with Gasteiger partial charge in [-0.25, -0.2) is 9.67 Å². The molecule has 2 rings (SSSR count). The lowest BCUT2D eigenvalue weighted by Crippen LogP contribution is -2.48. The number of rotatable bonds is 4. The third-order valence-electron chi connectivity index (χ3n) is 3.33. The molecule has 2 unspecified atom stereocenters. The fraction of sp³-hybridized carbons (Fsp3) is 0.769. The summed E-state index contributed by atoms with van der Waals surface area (Å²) in [4.78, 5) is 18.1. The highest BCUT2D eigenvalue weighted by molar-refractivity contribution is 5.85. The Morgan fingerprint density at radius 2 is 2.14 bits per heavy atom. The number of hydrogen-bond acceptors (Lipinski definition) is 5. The lowest BCUT2D eigenvalue weighted by atomic mass is 10.2. The van der Waals surface area contributed by atoms with Gasteiger partial charge in [0, 0.05) is 25.6 Å². The predicted molar refractivity (Wildman–Crippen MR) is 88.6 cm³/mol. The monoisotopic (exact) mass is 353 g/mol. The number of carbonyl (C=O) groups is 1. The molecule has 1 aliphatic heterocycles. The smallest absolute Gasteiger partial charge is 0.224 e. The molecule has 0 aromatic carbocycles. The van der Waals surface area contributed by atoms with Crippen LogP contribution in [0.25, 0.3) is 0 Å². The van der Waals surface area contributed by atoms with Gasteiger partial charge in [-0.15, -0.1) is 24.8 Å². The molecule has 0 spiro atoms. The zero-order valence-corrected chi connectivity index (χ0v) is 14.8. The predicted octanol–water partition coefficient (Wildman–Crippen LogP) is 0.703. The number of aryl methyl sites for hydroxylation is 2. The van der Waals surface area contributed by atoms with Crippen LogP contribution in [-0.4, -0.2) is 57.4 Å². The number of morpholine rings is 1. The molecule has 0 bridgehead atoms. The standard InChI is InChI=1S/C13H23N5O2.2ClH/c1-9(14)6-13(19)17-4-5-20-12(7-17)8-18-11(3)15-10(2)16-18;;/h9,12H,4-8,14H2,1-3H3;2*1H. The first-order chi connectivity index (χ1) is 9.45. The third-order valence-corrected chi connectivity index (χ3v) is 3.33. The highest BCUT2D eigenvalue weighted by Crippen LogP contribution is 2.10. The molecule has 1 aliphatic rings. The fourth-order valence-electron chi connectivity index (χ4n) is 2.39. The van der Waals surface area contributed by atoms with Crippen LogP contribution in [0, 0.1) is 13.8 Å². The molecule has 0 saturated carbocycles. The molecule has 22 heavy (non-hydrogen) atoms. The molecule has 1 aromatic heterocycles. The maximum Gasteiger partial charge on any atom is 0.224 e. The van der Waals surface area contributed by atoms with E-state index in [4.69, 9.17) is 10.5 Å². The molecule has 1 amide bonds. The molecule has 1 aromatic rings. The van der Waals surface area contributed by atoms with Gasteiger partial charge in [0.15, 0.2) is 0 Å². The minimum Gasteiger partial charge on any atom is -0.373 e. The molecule has 1 fully saturated rings. The number of amides is 1. The van der Waals surface area contributed by atoms with E-state index in [1.54, 1.807) is 0 Å². The molecular weight excluding hydrogens is 329 g/mol. The highest BCUT2D eigenvalue weighted by atomic mass is 35.5. The lowest BCUT2D eigenvalue weighted by Gasteiger charge is -2.33. The van der Waals surface area contributed by atoms with Gasteiger partial charge in [-0.05, 0) is 20.8 Å². The molecule has 2 atom stereocenters. The first-order valence-corrected chi connectivity index (χ1v) is 6.98. The number of nitrogens with two attached hydrogens (primary N) is 1. The van der Waals surface area contributed by atoms with Gasteiger partial charge in [0.05, 0.1) is 19.3 Å². The maximum absolute atomic E-state index is 12.0. The van der Waals surface area contributed by atoms with Crippen LogP contribution in [0.3, 0.4) is 0 Å². The molecular formula is C13H25Cl2N5O2. The molecule has 2 N–H and O–H groups in total. The van der Waals surface area contributed by atoms with Crippen molar-refractivity contribution in [3.63, 3.8) is 0 Å². The van der Waals surface area contributed by atoms with Crippen LogP contribution in [0.4, 0.5) is 0 Å². The summed E-state index contributed by atoms with van der Waals surface area (Å²) in [6.45, 7) is 8.03. The summed E-state index contributed by atoms with van der Waals surface area (Å²) in [5.74, 6) is 1.72. The van der Waals surface area contributed by atoms with Gasteiger partial charge >= 0.3 is 0 Å². The van der Waals surface area contributed by atoms with Crippen LogP contribution in [-0.2, 0) is 16.1 Å². The number of carbonyl (C=O) groups excluding carboxylic acids is 1. The van der Waals surface area contributed by atoms with Crippen molar-refractivity contribution in [3.05, 3.63) is 11.6 Å². The fourth-order valence-corrected chi connectivity index (χ4v) is 2.39. The van der Waals surface area contributed by atoms with E-state index in [1.165, 1.54) is 0 Å². The van der Waals surface area contributed by atoms with Crippen molar-refractivity contribution in [2.24, 2.45) is 5.73 Å². The average Bonchev–Trinajstić information content (AvgIpc) is 2.67. The minimum absolute atomic E-state index is 0. The Bertz CT molecular complexity index is 481. The summed E-state index contributed by atoms with van der Waals surface area (Å²) in [5, 5.41) is 4.32. The van der Waals surface area contributed by atoms with E-state index >= 15 is 0 Å². The summed E-state index contributed by atoms with van der Waals surface area (Å²) in [5.41, 5.74) is 5.68. The number of hydrogen-bond donors (Lipinski definition) is 1. The van der Waals surface area contributed by atoms with Crippen molar-refractivity contribution in [1.29, 1.82) is 0 Å². The van der Waals surface area contributed by atoms with Gasteiger partial charge in [-0.3, -0.25) is 4.79 Å². The van der Waals surface area contributed by atoms with E-state index in [1.807, 2.05) is 30.4 Å². The van der Waals surface area contributed by atoms with Crippen LogP contribution < -0.4 is 5.73 Å². The first-order valence-electron chi connectivity index (χ1n) is 6.98. The van der Waals surface area contributed by atoms with Crippen molar-refractivity contribution in [2.75, 3.05) is 19.7 Å². The van der Waals surface area contributed by atoms with Gasteiger partial charge in [-0.2, -0.15) is 5.10 Å². The van der Waals surface area contributed by atoms with Gasteiger partial charge in [0.1, 0.15) is 11.6 Å². The topological polar surface area (TPSA) is 86.3 Å². The summed E-state index contributed by atoms with van der Waals surface area (Å²) < 4.78 is 7.55. The number of nitrogens with zero attached hydrogens (tertiary/aromatic N) is 4. The van der Waals surface area contributed by atoms with Gasteiger partial charge in [0.25, 0.3) is 0 Å². The van der Waals surface area contributed by atoms with E-state index in [2.05, 4.69) is 10.1 Å². The molecule has 0 aliphatic carbocycles. The molecule has 2 heterocycles. The SMILES string of the molecule is Cc1nc(C)n(CC2CN(C(=O)CC(C)N)CCO2)n1.Cl.Cl. The largest absolute Gasteiger partial charge is 0.373 e. The summed E-state index contributed by atoms with van der Waals surface area (Å²) >= 11 is 0. The van der Waals surface area contributed by atoms with Gasteiger partial charge in [-0.1, -0.05) is 0 Å². The molecule has 7 nitrogen and oxygen atoms in total. The number of ether oxygens (including phenoxy) is 1. The maximum atomic E-state index is 12.0.